The first-order valence-electron chi connectivity index (χ1n) is 7.06. The van der Waals surface area contributed by atoms with Gasteiger partial charge < -0.3 is 35.1 Å². The van der Waals surface area contributed by atoms with Crippen molar-refractivity contribution in [1.29, 1.82) is 0 Å². The fraction of sp³-hybridized carbons (Fsp3) is 0.846. The summed E-state index contributed by atoms with van der Waals surface area (Å²) in [4.78, 5) is 22.3. The van der Waals surface area contributed by atoms with Gasteiger partial charge in [0.2, 0.25) is 5.91 Å². The van der Waals surface area contributed by atoms with Gasteiger partial charge >= 0.3 is 5.97 Å². The standard InChI is InChI=1S/C13H26N2O7/c1-19-10-11(13(17)18)15-12(16)2-4-20-6-8-22-9-7-21-5-3-14/h11H,2-10,14H2,1H3,(H,15,16)(H,17,18). The van der Waals surface area contributed by atoms with Crippen molar-refractivity contribution in [2.24, 2.45) is 5.73 Å². The quantitative estimate of drug-likeness (QED) is 0.314. The number of methoxy groups -OCH3 is 1. The van der Waals surface area contributed by atoms with Crippen LogP contribution in [-0.4, -0.2) is 82.9 Å². The van der Waals surface area contributed by atoms with E-state index in [1.54, 1.807) is 0 Å². The van der Waals surface area contributed by atoms with E-state index in [9.17, 15) is 9.59 Å². The maximum atomic E-state index is 11.5. The molecular formula is C13H26N2O7. The molecule has 0 spiro atoms. The van der Waals surface area contributed by atoms with Crippen molar-refractivity contribution in [3.8, 4) is 0 Å². The monoisotopic (exact) mass is 322 g/mol. The highest BCUT2D eigenvalue weighted by Crippen LogP contribution is 1.90. The number of nitrogens with one attached hydrogen (secondary N) is 1. The summed E-state index contributed by atoms with van der Waals surface area (Å²) in [5, 5.41) is 11.2. The van der Waals surface area contributed by atoms with Crippen LogP contribution in [0.1, 0.15) is 6.42 Å². The highest BCUT2D eigenvalue weighted by molar-refractivity contribution is 5.83. The predicted octanol–water partition coefficient (Wildman–Crippen LogP) is -1.40. The van der Waals surface area contributed by atoms with E-state index in [0.717, 1.165) is 0 Å². The van der Waals surface area contributed by atoms with Crippen LogP contribution in [0.25, 0.3) is 0 Å². The molecule has 130 valence electrons. The Kier molecular flexibility index (Phi) is 13.8. The molecule has 0 aromatic rings. The molecule has 0 bridgehead atoms. The fourth-order valence-corrected chi connectivity index (χ4v) is 1.40. The van der Waals surface area contributed by atoms with Gasteiger partial charge in [-0.25, -0.2) is 4.79 Å². The first-order valence-corrected chi connectivity index (χ1v) is 7.06. The van der Waals surface area contributed by atoms with Gasteiger partial charge in [0.25, 0.3) is 0 Å². The Morgan fingerprint density at radius 1 is 1.05 bits per heavy atom. The number of carboxylic acid groups (broad SMARTS) is 1. The topological polar surface area (TPSA) is 129 Å². The molecule has 9 nitrogen and oxygen atoms in total. The van der Waals surface area contributed by atoms with E-state index in [4.69, 9.17) is 29.8 Å². The zero-order chi connectivity index (χ0) is 16.6. The van der Waals surface area contributed by atoms with Gasteiger partial charge in [0.15, 0.2) is 6.04 Å². The molecule has 4 N–H and O–H groups in total. The van der Waals surface area contributed by atoms with Crippen LogP contribution in [0.5, 0.6) is 0 Å². The van der Waals surface area contributed by atoms with Crippen molar-refractivity contribution in [3.63, 3.8) is 0 Å². The number of amides is 1. The number of carbonyl (C=O) groups excluding carboxylic acids is 1. The SMILES string of the molecule is COCC(NC(=O)CCOCCOCCOCCN)C(=O)O. The van der Waals surface area contributed by atoms with Crippen LogP contribution >= 0.6 is 0 Å². The van der Waals surface area contributed by atoms with Crippen molar-refractivity contribution in [2.75, 3.05) is 59.9 Å². The molecule has 0 saturated heterocycles. The van der Waals surface area contributed by atoms with Crippen LogP contribution in [0.15, 0.2) is 0 Å². The molecule has 0 aromatic heterocycles. The molecule has 9 heteroatoms. The lowest BCUT2D eigenvalue weighted by Crippen LogP contribution is -2.44. The Morgan fingerprint density at radius 3 is 2.09 bits per heavy atom. The Morgan fingerprint density at radius 2 is 1.59 bits per heavy atom. The summed E-state index contributed by atoms with van der Waals surface area (Å²) in [7, 11) is 1.37. The van der Waals surface area contributed by atoms with Crippen molar-refractivity contribution < 1.29 is 33.6 Å². The van der Waals surface area contributed by atoms with E-state index < -0.39 is 17.9 Å². The number of ether oxygens (including phenoxy) is 4. The molecule has 0 aliphatic carbocycles. The average Bonchev–Trinajstić information content (AvgIpc) is 2.48. The molecule has 22 heavy (non-hydrogen) atoms. The minimum Gasteiger partial charge on any atom is -0.480 e. The lowest BCUT2D eigenvalue weighted by molar-refractivity contribution is -0.143. The van der Waals surface area contributed by atoms with Gasteiger partial charge in [-0.1, -0.05) is 0 Å². The van der Waals surface area contributed by atoms with Gasteiger partial charge in [-0.2, -0.15) is 0 Å². The van der Waals surface area contributed by atoms with Crippen molar-refractivity contribution in [1.82, 2.24) is 5.32 Å². The summed E-state index contributed by atoms with van der Waals surface area (Å²) in [5.41, 5.74) is 5.25. The summed E-state index contributed by atoms with van der Waals surface area (Å²) in [6, 6.07) is -1.05. The van der Waals surface area contributed by atoms with Crippen LogP contribution in [0.2, 0.25) is 0 Å². The zero-order valence-electron chi connectivity index (χ0n) is 12.9. The number of aliphatic carboxylic acids is 1. The molecule has 1 amide bonds. The molecule has 0 aliphatic rings. The number of carbonyl (C=O) groups is 2. The lowest BCUT2D eigenvalue weighted by Gasteiger charge is -2.13. The Labute approximate surface area is 130 Å². The summed E-state index contributed by atoms with van der Waals surface area (Å²) in [6.45, 7) is 2.80. The minimum atomic E-state index is -1.14. The van der Waals surface area contributed by atoms with E-state index >= 15 is 0 Å². The average molecular weight is 322 g/mol. The van der Waals surface area contributed by atoms with Gasteiger partial charge in [-0.05, 0) is 0 Å². The van der Waals surface area contributed by atoms with Crippen LogP contribution in [0, 0.1) is 0 Å². The predicted molar refractivity (Wildman–Crippen MR) is 77.6 cm³/mol. The number of carboxylic acids is 1. The number of rotatable bonds is 15. The molecule has 0 heterocycles. The van der Waals surface area contributed by atoms with Crippen LogP contribution in [-0.2, 0) is 28.5 Å². The zero-order valence-corrected chi connectivity index (χ0v) is 12.9. The summed E-state index contributed by atoms with van der Waals surface area (Å²) >= 11 is 0. The molecule has 0 aliphatic heterocycles. The van der Waals surface area contributed by atoms with Gasteiger partial charge in [0.05, 0.1) is 46.2 Å². The van der Waals surface area contributed by atoms with E-state index in [0.29, 0.717) is 39.6 Å². The maximum Gasteiger partial charge on any atom is 0.328 e. The second-order valence-corrected chi connectivity index (χ2v) is 4.29. The normalized spacial score (nSPS) is 12.1. The summed E-state index contributed by atoms with van der Waals surface area (Å²) in [5.74, 6) is -1.54. The third-order valence-corrected chi connectivity index (χ3v) is 2.45. The molecule has 0 saturated carbocycles. The van der Waals surface area contributed by atoms with E-state index in [1.807, 2.05) is 0 Å². The third kappa shape index (κ3) is 12.5. The first-order chi connectivity index (χ1) is 10.6. The molecule has 1 atom stereocenters. The van der Waals surface area contributed by atoms with Gasteiger partial charge in [-0.3, -0.25) is 4.79 Å². The Bertz CT molecular complexity index is 302. The first kappa shape index (κ1) is 20.7. The summed E-state index contributed by atoms with van der Waals surface area (Å²) < 4.78 is 20.3. The molecular weight excluding hydrogens is 296 g/mol. The minimum absolute atomic E-state index is 0.0765. The molecule has 1 unspecified atom stereocenters. The van der Waals surface area contributed by atoms with E-state index in [-0.39, 0.29) is 19.6 Å². The van der Waals surface area contributed by atoms with Crippen LogP contribution < -0.4 is 11.1 Å². The van der Waals surface area contributed by atoms with E-state index in [1.165, 1.54) is 7.11 Å². The molecule has 0 rings (SSSR count). The smallest absolute Gasteiger partial charge is 0.328 e. The van der Waals surface area contributed by atoms with Gasteiger partial charge in [0.1, 0.15) is 0 Å². The maximum absolute atomic E-state index is 11.5. The molecule has 0 fully saturated rings. The highest BCUT2D eigenvalue weighted by atomic mass is 16.5. The number of hydrogen-bond acceptors (Lipinski definition) is 7. The highest BCUT2D eigenvalue weighted by Gasteiger charge is 2.19. The van der Waals surface area contributed by atoms with Crippen molar-refractivity contribution in [3.05, 3.63) is 0 Å². The van der Waals surface area contributed by atoms with Gasteiger partial charge in [0, 0.05) is 20.1 Å². The second kappa shape index (κ2) is 14.7. The van der Waals surface area contributed by atoms with E-state index in [2.05, 4.69) is 5.32 Å². The van der Waals surface area contributed by atoms with Crippen molar-refractivity contribution >= 4 is 11.9 Å². The number of hydrogen-bond donors (Lipinski definition) is 3. The second-order valence-electron chi connectivity index (χ2n) is 4.29. The Hall–Kier alpha value is -1.26. The number of nitrogens with two attached hydrogens (primary N) is 1. The summed E-state index contributed by atoms with van der Waals surface area (Å²) in [6.07, 6.45) is 0.0765. The lowest BCUT2D eigenvalue weighted by atomic mass is 10.3. The molecule has 0 aromatic carbocycles. The van der Waals surface area contributed by atoms with Crippen LogP contribution in [0.4, 0.5) is 0 Å². The van der Waals surface area contributed by atoms with Crippen molar-refractivity contribution in [2.45, 2.75) is 12.5 Å². The Balaban J connectivity index is 3.46. The largest absolute Gasteiger partial charge is 0.480 e. The van der Waals surface area contributed by atoms with Gasteiger partial charge in [-0.15, -0.1) is 0 Å². The van der Waals surface area contributed by atoms with Crippen LogP contribution in [0.3, 0.4) is 0 Å². The third-order valence-electron chi connectivity index (χ3n) is 2.45. The fourth-order valence-electron chi connectivity index (χ4n) is 1.40. The molecule has 0 radical (unpaired) electrons.